The van der Waals surface area contributed by atoms with Crippen LogP contribution in [0, 0.1) is 0 Å². The highest BCUT2D eigenvalue weighted by Gasteiger charge is 2.54. The lowest BCUT2D eigenvalue weighted by molar-refractivity contribution is 0.0744. The Hall–Kier alpha value is -0.790. The molecule has 5 rings (SSSR count). The van der Waals surface area contributed by atoms with Gasteiger partial charge in [0.1, 0.15) is 23.7 Å². The molecule has 0 N–H and O–H groups in total. The zero-order chi connectivity index (χ0) is 21.1. The van der Waals surface area contributed by atoms with E-state index in [4.69, 9.17) is 21.3 Å². The van der Waals surface area contributed by atoms with Crippen LogP contribution in [0.15, 0.2) is 47.2 Å². The molecule has 0 bridgehead atoms. The Morgan fingerprint density at radius 3 is 1.84 bits per heavy atom. The maximum atomic E-state index is 7.01. The van der Waals surface area contributed by atoms with Gasteiger partial charge in [-0.3, -0.25) is 0 Å². The van der Waals surface area contributed by atoms with Crippen molar-refractivity contribution in [1.29, 1.82) is 0 Å². The fourth-order valence-electron chi connectivity index (χ4n) is 6.61. The smallest absolute Gasteiger partial charge is 0.131 e. The Labute approximate surface area is 194 Å². The highest BCUT2D eigenvalue weighted by Crippen LogP contribution is 2.74. The quantitative estimate of drug-likeness (QED) is 0.342. The molecule has 5 aliphatic rings. The van der Waals surface area contributed by atoms with Crippen molar-refractivity contribution >= 4 is 17.8 Å². The van der Waals surface area contributed by atoms with Gasteiger partial charge in [-0.1, -0.05) is 87.8 Å². The van der Waals surface area contributed by atoms with E-state index in [0.717, 1.165) is 11.5 Å². The lowest BCUT2D eigenvalue weighted by Gasteiger charge is -2.52. The number of fused-ring (bicyclic) bond motifs is 4. The van der Waals surface area contributed by atoms with E-state index in [-0.39, 0.29) is 0 Å². The Kier molecular flexibility index (Phi) is 7.11. The Balaban J connectivity index is 1.62. The summed E-state index contributed by atoms with van der Waals surface area (Å²) in [6, 6.07) is -1.84. The van der Waals surface area contributed by atoms with Gasteiger partial charge in [-0.15, -0.1) is 0 Å². The highest BCUT2D eigenvalue weighted by molar-refractivity contribution is 8.17. The van der Waals surface area contributed by atoms with Crippen LogP contribution in [0.25, 0.3) is 0 Å². The number of allylic oxidation sites excluding steroid dienone is 6. The summed E-state index contributed by atoms with van der Waals surface area (Å²) in [4.78, 5) is 0. The lowest BCUT2D eigenvalue weighted by atomic mass is 9.98. The SMILES string of the molecule is S=P12C3=C(\C=C/C=C\C=C3\OC3CCCCCCCC31)OC1CCCCCCCCC12. The third-order valence-electron chi connectivity index (χ3n) is 8.16. The minimum absolute atomic E-state index is 0.309. The summed E-state index contributed by atoms with van der Waals surface area (Å²) < 4.78 is 13.6. The summed E-state index contributed by atoms with van der Waals surface area (Å²) in [5, 5.41) is 1.32. The van der Waals surface area contributed by atoms with E-state index >= 15 is 0 Å². The first kappa shape index (κ1) is 22.0. The Morgan fingerprint density at radius 1 is 0.645 bits per heavy atom. The predicted molar refractivity (Wildman–Crippen MR) is 134 cm³/mol. The van der Waals surface area contributed by atoms with Crippen molar-refractivity contribution in [1.82, 2.24) is 0 Å². The molecule has 0 radical (unpaired) electrons. The molecule has 2 aliphatic heterocycles. The highest BCUT2D eigenvalue weighted by atomic mass is 32.4. The molecule has 2 heterocycles. The van der Waals surface area contributed by atoms with Gasteiger partial charge in [0, 0.05) is 17.4 Å². The van der Waals surface area contributed by atoms with Gasteiger partial charge in [-0.25, -0.2) is 0 Å². The summed E-state index contributed by atoms with van der Waals surface area (Å²) in [5.74, 6) is 2.10. The van der Waals surface area contributed by atoms with E-state index < -0.39 is 6.04 Å². The van der Waals surface area contributed by atoms with Crippen molar-refractivity contribution in [3.63, 3.8) is 0 Å². The Morgan fingerprint density at radius 2 is 1.19 bits per heavy atom. The molecule has 0 aromatic heterocycles. The molecule has 5 unspecified atom stereocenters. The molecule has 31 heavy (non-hydrogen) atoms. The van der Waals surface area contributed by atoms with Gasteiger partial charge in [0.15, 0.2) is 0 Å². The second-order valence-corrected chi connectivity index (χ2v) is 15.2. The van der Waals surface area contributed by atoms with Crippen LogP contribution in [0.4, 0.5) is 0 Å². The number of hydrogen-bond acceptors (Lipinski definition) is 3. The summed E-state index contributed by atoms with van der Waals surface area (Å²) in [6.07, 6.45) is 31.0. The lowest BCUT2D eigenvalue weighted by Crippen LogP contribution is -2.44. The maximum absolute atomic E-state index is 7.01. The van der Waals surface area contributed by atoms with Crippen molar-refractivity contribution in [2.24, 2.45) is 0 Å². The monoisotopic (exact) mass is 458 g/mol. The van der Waals surface area contributed by atoms with Gasteiger partial charge >= 0.3 is 0 Å². The summed E-state index contributed by atoms with van der Waals surface area (Å²) in [5.41, 5.74) is 1.08. The van der Waals surface area contributed by atoms with Gasteiger partial charge in [-0.05, 0) is 50.7 Å². The minimum atomic E-state index is -1.84. The van der Waals surface area contributed by atoms with E-state index in [9.17, 15) is 0 Å². The molecular formula is C27H39O2PS. The van der Waals surface area contributed by atoms with Crippen molar-refractivity contribution in [2.45, 2.75) is 120 Å². The van der Waals surface area contributed by atoms with E-state index in [2.05, 4.69) is 30.4 Å². The van der Waals surface area contributed by atoms with E-state index in [1.165, 1.54) is 102 Å². The van der Waals surface area contributed by atoms with Crippen LogP contribution in [-0.2, 0) is 21.3 Å². The molecule has 3 aliphatic carbocycles. The molecule has 5 atom stereocenters. The van der Waals surface area contributed by atoms with E-state index in [1.807, 2.05) is 0 Å². The van der Waals surface area contributed by atoms with Crippen LogP contribution in [0.3, 0.4) is 0 Å². The van der Waals surface area contributed by atoms with Crippen molar-refractivity contribution < 1.29 is 9.47 Å². The average molecular weight is 459 g/mol. The first-order valence-corrected chi connectivity index (χ1v) is 16.0. The van der Waals surface area contributed by atoms with Crippen LogP contribution in [0.5, 0.6) is 0 Å². The van der Waals surface area contributed by atoms with Gasteiger partial charge in [-0.2, -0.15) is 0 Å². The zero-order valence-electron chi connectivity index (χ0n) is 19.0. The molecule has 0 amide bonds. The van der Waals surface area contributed by atoms with Crippen LogP contribution in [0.1, 0.15) is 96.3 Å². The zero-order valence-corrected chi connectivity index (χ0v) is 20.7. The van der Waals surface area contributed by atoms with Gasteiger partial charge in [0.05, 0.1) is 5.31 Å². The molecule has 3 fully saturated rings. The molecule has 2 nitrogen and oxygen atoms in total. The fraction of sp³-hybridized carbons (Fsp3) is 0.704. The number of hydrogen-bond donors (Lipinski definition) is 0. The molecule has 170 valence electrons. The van der Waals surface area contributed by atoms with E-state index in [1.54, 1.807) is 0 Å². The summed E-state index contributed by atoms with van der Waals surface area (Å²) in [6.45, 7) is 0. The number of rotatable bonds is 0. The molecular weight excluding hydrogens is 419 g/mol. The fourth-order valence-corrected chi connectivity index (χ4v) is 13.2. The normalized spacial score (nSPS) is 42.6. The van der Waals surface area contributed by atoms with Crippen molar-refractivity contribution in [2.75, 3.05) is 0 Å². The molecule has 0 spiro atoms. The first-order valence-electron chi connectivity index (χ1n) is 13.0. The van der Waals surface area contributed by atoms with Crippen LogP contribution in [0.2, 0.25) is 0 Å². The van der Waals surface area contributed by atoms with Crippen LogP contribution in [-0.4, -0.2) is 23.5 Å². The molecule has 4 heteroatoms. The van der Waals surface area contributed by atoms with E-state index in [0.29, 0.717) is 23.5 Å². The van der Waals surface area contributed by atoms with Crippen LogP contribution < -0.4 is 0 Å². The Bertz CT molecular complexity index is 823. The topological polar surface area (TPSA) is 18.5 Å². The largest absolute Gasteiger partial charge is 0.489 e. The molecule has 1 saturated heterocycles. The third-order valence-corrected chi connectivity index (χ3v) is 14.6. The van der Waals surface area contributed by atoms with Crippen molar-refractivity contribution in [3.8, 4) is 0 Å². The van der Waals surface area contributed by atoms with Gasteiger partial charge in [0.25, 0.3) is 0 Å². The molecule has 0 aromatic rings. The molecule has 2 saturated carbocycles. The first-order chi connectivity index (χ1) is 15.3. The van der Waals surface area contributed by atoms with Crippen molar-refractivity contribution in [3.05, 3.63) is 47.2 Å². The maximum Gasteiger partial charge on any atom is 0.131 e. The second-order valence-electron chi connectivity index (χ2n) is 10.2. The summed E-state index contributed by atoms with van der Waals surface area (Å²) in [7, 11) is 0. The van der Waals surface area contributed by atoms with Gasteiger partial charge in [0.2, 0.25) is 0 Å². The third kappa shape index (κ3) is 4.39. The number of ether oxygens (including phenoxy) is 2. The van der Waals surface area contributed by atoms with Crippen LogP contribution >= 0.6 is 6.04 Å². The van der Waals surface area contributed by atoms with Gasteiger partial charge < -0.3 is 9.47 Å². The average Bonchev–Trinajstić information content (AvgIpc) is 2.87. The minimum Gasteiger partial charge on any atom is -0.489 e. The molecule has 0 aromatic carbocycles. The standard InChI is InChI=1S/C27H39O2PS/c31-30-25-19-13-6-2-1-4-9-15-21(25)28-23-17-11-8-12-18-24(27(23)30)29-22-16-10-5-3-7-14-20-26(22)30/h8,11-12,17-18,21-22,25-26H,1-7,9-10,13-16,19-20H2/b11-8?,12-8-,17-11-,18-12?,23-17?,24-18+. The predicted octanol–water partition coefficient (Wildman–Crippen LogP) is 8.10. The second kappa shape index (κ2) is 10.0. The summed E-state index contributed by atoms with van der Waals surface area (Å²) >= 11 is 7.01.